The van der Waals surface area contributed by atoms with Gasteiger partial charge >= 0.3 is 0 Å². The van der Waals surface area contributed by atoms with Crippen LogP contribution in [0.2, 0.25) is 0 Å². The summed E-state index contributed by atoms with van der Waals surface area (Å²) in [7, 11) is 0. The predicted molar refractivity (Wildman–Crippen MR) is 82.9 cm³/mol. The number of benzene rings is 1. The van der Waals surface area contributed by atoms with Crippen LogP contribution in [0.4, 0.5) is 0 Å². The minimum atomic E-state index is 0.0126. The van der Waals surface area contributed by atoms with Crippen LogP contribution in [0.5, 0.6) is 5.75 Å². The highest BCUT2D eigenvalue weighted by molar-refractivity contribution is 5.78. The Morgan fingerprint density at radius 3 is 3.00 bits per heavy atom. The van der Waals surface area contributed by atoms with Gasteiger partial charge in [-0.1, -0.05) is 18.2 Å². The van der Waals surface area contributed by atoms with Crippen molar-refractivity contribution in [1.82, 2.24) is 10.2 Å². The van der Waals surface area contributed by atoms with Gasteiger partial charge in [-0.2, -0.15) is 0 Å². The molecule has 2 unspecified atom stereocenters. The third-order valence-electron chi connectivity index (χ3n) is 4.20. The van der Waals surface area contributed by atoms with Crippen molar-refractivity contribution in [3.63, 3.8) is 0 Å². The minimum absolute atomic E-state index is 0.0126. The van der Waals surface area contributed by atoms with E-state index >= 15 is 0 Å². The molecule has 1 fully saturated rings. The number of amides is 1. The molecule has 2 rings (SSSR count). The van der Waals surface area contributed by atoms with Crippen LogP contribution in [-0.4, -0.2) is 42.1 Å². The molecule has 1 amide bonds. The number of nitrogens with two attached hydrogens (primary N) is 1. The summed E-state index contributed by atoms with van der Waals surface area (Å²) >= 11 is 0. The lowest BCUT2D eigenvalue weighted by atomic mass is 9.94. The molecule has 116 valence electrons. The average Bonchev–Trinajstić information content (AvgIpc) is 2.52. The van der Waals surface area contributed by atoms with Crippen molar-refractivity contribution >= 4 is 5.91 Å². The number of aromatic hydroxyl groups is 1. The van der Waals surface area contributed by atoms with Crippen molar-refractivity contribution < 1.29 is 9.90 Å². The Balaban J connectivity index is 2.00. The van der Waals surface area contributed by atoms with Gasteiger partial charge in [-0.3, -0.25) is 9.69 Å². The predicted octanol–water partition coefficient (Wildman–Crippen LogP) is 1.24. The molecule has 1 saturated heterocycles. The van der Waals surface area contributed by atoms with Crippen molar-refractivity contribution in [3.05, 3.63) is 29.8 Å². The Kier molecular flexibility index (Phi) is 5.59. The number of nitrogens with zero attached hydrogens (tertiary/aromatic N) is 1. The zero-order valence-corrected chi connectivity index (χ0v) is 12.6. The third kappa shape index (κ3) is 3.95. The number of carbonyl (C=O) groups excluding carboxylic acids is 1. The number of likely N-dealkylation sites (tertiary alicyclic amines) is 1. The van der Waals surface area contributed by atoms with Gasteiger partial charge < -0.3 is 16.2 Å². The van der Waals surface area contributed by atoms with Gasteiger partial charge in [-0.05, 0) is 32.4 Å². The summed E-state index contributed by atoms with van der Waals surface area (Å²) in [4.78, 5) is 14.4. The molecule has 4 N–H and O–H groups in total. The number of phenols is 1. The van der Waals surface area contributed by atoms with E-state index < -0.39 is 0 Å². The van der Waals surface area contributed by atoms with Crippen LogP contribution in [-0.2, 0) is 4.79 Å². The molecule has 1 aromatic carbocycles. The second-order valence-corrected chi connectivity index (χ2v) is 5.65. The van der Waals surface area contributed by atoms with Crippen LogP contribution in [0, 0.1) is 5.92 Å². The maximum atomic E-state index is 12.1. The molecule has 1 aromatic rings. The maximum Gasteiger partial charge on any atom is 0.224 e. The standard InChI is InChI=1S/C16H25N3O2/c1-12(14-6-2-3-7-15(14)20)19-10-4-5-13(11-19)16(21)18-9-8-17/h2-3,6-7,12-13,20H,4-5,8-11,17H2,1H3,(H,18,21). The van der Waals surface area contributed by atoms with Crippen LogP contribution < -0.4 is 11.1 Å². The second kappa shape index (κ2) is 7.43. The van der Waals surface area contributed by atoms with E-state index in [1.807, 2.05) is 18.2 Å². The monoisotopic (exact) mass is 291 g/mol. The molecule has 1 heterocycles. The fraction of sp³-hybridized carbons (Fsp3) is 0.562. The van der Waals surface area contributed by atoms with Gasteiger partial charge in [-0.15, -0.1) is 0 Å². The van der Waals surface area contributed by atoms with Gasteiger partial charge in [0.2, 0.25) is 5.91 Å². The van der Waals surface area contributed by atoms with E-state index in [9.17, 15) is 9.90 Å². The van der Waals surface area contributed by atoms with Gasteiger partial charge in [0.1, 0.15) is 5.75 Å². The Labute approximate surface area is 126 Å². The molecule has 5 nitrogen and oxygen atoms in total. The number of hydrogen-bond donors (Lipinski definition) is 3. The summed E-state index contributed by atoms with van der Waals surface area (Å²) in [6.07, 6.45) is 1.92. The molecule has 21 heavy (non-hydrogen) atoms. The van der Waals surface area contributed by atoms with Gasteiger partial charge in [0.15, 0.2) is 0 Å². The highest BCUT2D eigenvalue weighted by Crippen LogP contribution is 2.31. The highest BCUT2D eigenvalue weighted by atomic mass is 16.3. The van der Waals surface area contributed by atoms with Crippen LogP contribution in [0.3, 0.4) is 0 Å². The minimum Gasteiger partial charge on any atom is -0.508 e. The molecule has 0 aromatic heterocycles. The molecule has 5 heteroatoms. The smallest absolute Gasteiger partial charge is 0.224 e. The first-order valence-electron chi connectivity index (χ1n) is 7.63. The SMILES string of the molecule is CC(c1ccccc1O)N1CCCC(C(=O)NCCN)C1. The van der Waals surface area contributed by atoms with Crippen molar-refractivity contribution in [1.29, 1.82) is 0 Å². The number of carbonyl (C=O) groups is 1. The van der Waals surface area contributed by atoms with Crippen LogP contribution in [0.1, 0.15) is 31.4 Å². The normalized spacial score (nSPS) is 21.0. The van der Waals surface area contributed by atoms with E-state index in [0.29, 0.717) is 18.8 Å². The molecule has 1 aliphatic heterocycles. The molecular weight excluding hydrogens is 266 g/mol. The van der Waals surface area contributed by atoms with Crippen molar-refractivity contribution in [2.24, 2.45) is 11.7 Å². The Bertz CT molecular complexity index is 478. The fourth-order valence-corrected chi connectivity index (χ4v) is 2.95. The van der Waals surface area contributed by atoms with E-state index in [1.54, 1.807) is 6.07 Å². The van der Waals surface area contributed by atoms with Gasteiger partial charge in [0.25, 0.3) is 0 Å². The maximum absolute atomic E-state index is 12.1. The largest absolute Gasteiger partial charge is 0.508 e. The molecule has 0 saturated carbocycles. The van der Waals surface area contributed by atoms with Gasteiger partial charge in [0, 0.05) is 31.2 Å². The molecule has 0 radical (unpaired) electrons. The molecule has 0 aliphatic carbocycles. The molecule has 0 bridgehead atoms. The fourth-order valence-electron chi connectivity index (χ4n) is 2.95. The van der Waals surface area contributed by atoms with Crippen molar-refractivity contribution in [2.45, 2.75) is 25.8 Å². The summed E-state index contributed by atoms with van der Waals surface area (Å²) in [5, 5.41) is 12.9. The Morgan fingerprint density at radius 2 is 2.29 bits per heavy atom. The van der Waals surface area contributed by atoms with Gasteiger partial charge in [-0.25, -0.2) is 0 Å². The van der Waals surface area contributed by atoms with Gasteiger partial charge in [0.05, 0.1) is 5.92 Å². The number of piperidine rings is 1. The molecule has 0 spiro atoms. The van der Waals surface area contributed by atoms with E-state index in [2.05, 4.69) is 17.1 Å². The first-order valence-corrected chi connectivity index (χ1v) is 7.63. The second-order valence-electron chi connectivity index (χ2n) is 5.65. The van der Waals surface area contributed by atoms with Crippen LogP contribution in [0.15, 0.2) is 24.3 Å². The lowest BCUT2D eigenvalue weighted by Gasteiger charge is -2.36. The summed E-state index contributed by atoms with van der Waals surface area (Å²) in [5.74, 6) is 0.424. The van der Waals surface area contributed by atoms with E-state index in [-0.39, 0.29) is 17.9 Å². The van der Waals surface area contributed by atoms with E-state index in [0.717, 1.165) is 31.5 Å². The summed E-state index contributed by atoms with van der Waals surface area (Å²) in [5.41, 5.74) is 6.34. The molecule has 2 atom stereocenters. The van der Waals surface area contributed by atoms with Crippen LogP contribution >= 0.6 is 0 Å². The summed E-state index contributed by atoms with van der Waals surface area (Å²) in [6, 6.07) is 7.52. The zero-order chi connectivity index (χ0) is 15.2. The summed E-state index contributed by atoms with van der Waals surface area (Å²) < 4.78 is 0. The van der Waals surface area contributed by atoms with Crippen molar-refractivity contribution in [2.75, 3.05) is 26.2 Å². The zero-order valence-electron chi connectivity index (χ0n) is 12.6. The Morgan fingerprint density at radius 1 is 1.52 bits per heavy atom. The quantitative estimate of drug-likeness (QED) is 0.762. The summed E-state index contributed by atoms with van der Waals surface area (Å²) in [6.45, 7) is 4.76. The number of rotatable bonds is 5. The third-order valence-corrected chi connectivity index (χ3v) is 4.20. The highest BCUT2D eigenvalue weighted by Gasteiger charge is 2.29. The van der Waals surface area contributed by atoms with Crippen LogP contribution in [0.25, 0.3) is 0 Å². The number of hydrogen-bond acceptors (Lipinski definition) is 4. The van der Waals surface area contributed by atoms with Crippen molar-refractivity contribution in [3.8, 4) is 5.75 Å². The lowest BCUT2D eigenvalue weighted by Crippen LogP contribution is -2.44. The Hall–Kier alpha value is -1.59. The molecule has 1 aliphatic rings. The average molecular weight is 291 g/mol. The first-order chi connectivity index (χ1) is 10.1. The number of nitrogens with one attached hydrogen (secondary N) is 1. The lowest BCUT2D eigenvalue weighted by molar-refractivity contribution is -0.126. The molecular formula is C16H25N3O2. The number of para-hydroxylation sites is 1. The van der Waals surface area contributed by atoms with E-state index in [1.165, 1.54) is 0 Å². The number of phenolic OH excluding ortho intramolecular Hbond substituents is 1. The first kappa shape index (κ1) is 15.8. The van der Waals surface area contributed by atoms with E-state index in [4.69, 9.17) is 5.73 Å². The topological polar surface area (TPSA) is 78.6 Å².